The molecule has 2 aromatic heterocycles. The topological polar surface area (TPSA) is 55.1 Å². The molecule has 5 heteroatoms. The summed E-state index contributed by atoms with van der Waals surface area (Å²) >= 11 is 0. The highest BCUT2D eigenvalue weighted by Crippen LogP contribution is 2.42. The number of hydrogen-bond acceptors (Lipinski definition) is 5. The molecule has 28 heavy (non-hydrogen) atoms. The Labute approximate surface area is 165 Å². The van der Waals surface area contributed by atoms with Gasteiger partial charge >= 0.3 is 0 Å². The van der Waals surface area contributed by atoms with E-state index in [4.69, 9.17) is 9.51 Å². The van der Waals surface area contributed by atoms with Gasteiger partial charge in [-0.25, -0.2) is 0 Å². The highest BCUT2D eigenvalue weighted by molar-refractivity contribution is 5.51. The van der Waals surface area contributed by atoms with Crippen LogP contribution in [0.1, 0.15) is 49.5 Å². The molecule has 0 aliphatic carbocycles. The summed E-state index contributed by atoms with van der Waals surface area (Å²) in [5.74, 6) is 1.85. The van der Waals surface area contributed by atoms with Gasteiger partial charge in [0.2, 0.25) is 11.7 Å². The lowest BCUT2D eigenvalue weighted by Crippen LogP contribution is -2.42. The molecule has 1 unspecified atom stereocenters. The lowest BCUT2D eigenvalue weighted by Gasteiger charge is -2.37. The zero-order valence-corrected chi connectivity index (χ0v) is 16.1. The zero-order valence-electron chi connectivity index (χ0n) is 16.1. The second-order valence-corrected chi connectivity index (χ2v) is 8.08. The molecule has 0 saturated carbocycles. The first-order valence-corrected chi connectivity index (χ1v) is 10.4. The number of pyridine rings is 1. The molecule has 5 nitrogen and oxygen atoms in total. The molecule has 2 fully saturated rings. The molecule has 5 rings (SSSR count). The van der Waals surface area contributed by atoms with Crippen molar-refractivity contribution < 1.29 is 4.52 Å². The lowest BCUT2D eigenvalue weighted by molar-refractivity contribution is 0.115. The van der Waals surface area contributed by atoms with E-state index < -0.39 is 0 Å². The number of aromatic nitrogens is 3. The van der Waals surface area contributed by atoms with Gasteiger partial charge in [-0.15, -0.1) is 0 Å². The van der Waals surface area contributed by atoms with Crippen LogP contribution in [0.2, 0.25) is 0 Å². The van der Waals surface area contributed by atoms with E-state index in [9.17, 15) is 0 Å². The van der Waals surface area contributed by atoms with Crippen molar-refractivity contribution in [2.75, 3.05) is 6.54 Å². The molecular formula is C23H26N4O. The smallest absolute Gasteiger partial charge is 0.230 e. The summed E-state index contributed by atoms with van der Waals surface area (Å²) in [7, 11) is 0. The first kappa shape index (κ1) is 17.6. The summed E-state index contributed by atoms with van der Waals surface area (Å²) in [6.07, 6.45) is 10.8. The van der Waals surface area contributed by atoms with Crippen LogP contribution in [0.15, 0.2) is 59.4 Å². The maximum atomic E-state index is 5.65. The highest BCUT2D eigenvalue weighted by Gasteiger charge is 2.42. The van der Waals surface area contributed by atoms with E-state index in [-0.39, 0.29) is 0 Å². The second kappa shape index (κ2) is 7.84. The Bertz CT molecular complexity index is 881. The van der Waals surface area contributed by atoms with Gasteiger partial charge in [-0.05, 0) is 62.8 Å². The third kappa shape index (κ3) is 3.59. The van der Waals surface area contributed by atoms with Gasteiger partial charge in [-0.1, -0.05) is 35.5 Å². The van der Waals surface area contributed by atoms with E-state index in [1.165, 1.54) is 37.8 Å². The van der Waals surface area contributed by atoms with Crippen LogP contribution in [-0.4, -0.2) is 38.7 Å². The number of aryl methyl sites for hydroxylation is 1. The Morgan fingerprint density at radius 3 is 2.57 bits per heavy atom. The molecule has 2 aliphatic heterocycles. The van der Waals surface area contributed by atoms with Crippen molar-refractivity contribution in [2.24, 2.45) is 0 Å². The van der Waals surface area contributed by atoms with Gasteiger partial charge in [0.05, 0.1) is 0 Å². The van der Waals surface area contributed by atoms with E-state index in [1.54, 1.807) is 12.4 Å². The van der Waals surface area contributed by atoms with Gasteiger partial charge < -0.3 is 4.52 Å². The average molecular weight is 374 g/mol. The molecule has 0 radical (unpaired) electrons. The molecule has 2 saturated heterocycles. The normalized spacial score (nSPS) is 24.5. The van der Waals surface area contributed by atoms with E-state index in [0.29, 0.717) is 23.8 Å². The van der Waals surface area contributed by atoms with Crippen LogP contribution in [0.3, 0.4) is 0 Å². The number of nitrogens with zero attached hydrogens (tertiary/aromatic N) is 4. The van der Waals surface area contributed by atoms with Crippen LogP contribution in [0.25, 0.3) is 11.4 Å². The van der Waals surface area contributed by atoms with Crippen molar-refractivity contribution in [1.82, 2.24) is 20.0 Å². The van der Waals surface area contributed by atoms with Crippen molar-refractivity contribution in [3.05, 3.63) is 66.3 Å². The molecule has 144 valence electrons. The minimum absolute atomic E-state index is 0.390. The fourth-order valence-electron chi connectivity index (χ4n) is 4.96. The average Bonchev–Trinajstić information content (AvgIpc) is 3.32. The molecule has 0 N–H and O–H groups in total. The van der Waals surface area contributed by atoms with Gasteiger partial charge in [0.15, 0.2) is 0 Å². The van der Waals surface area contributed by atoms with Crippen molar-refractivity contribution >= 4 is 0 Å². The maximum Gasteiger partial charge on any atom is 0.230 e. The van der Waals surface area contributed by atoms with Crippen molar-refractivity contribution in [3.8, 4) is 11.4 Å². The molecule has 4 heterocycles. The van der Waals surface area contributed by atoms with Crippen LogP contribution in [0.4, 0.5) is 0 Å². The summed E-state index contributed by atoms with van der Waals surface area (Å²) < 4.78 is 5.65. The Kier molecular flexibility index (Phi) is 4.92. The molecule has 2 bridgehead atoms. The Hall–Kier alpha value is -2.53. The highest BCUT2D eigenvalue weighted by atomic mass is 16.5. The summed E-state index contributed by atoms with van der Waals surface area (Å²) in [5, 5.41) is 4.19. The van der Waals surface area contributed by atoms with Gasteiger partial charge in [0.25, 0.3) is 0 Å². The SMILES string of the molecule is c1ccc(CCCN2[C@@H]3CC[C@H]2CC(c2nc(-c4cccnc4)no2)C3)cc1. The Morgan fingerprint density at radius 1 is 1.00 bits per heavy atom. The monoisotopic (exact) mass is 374 g/mol. The molecule has 0 spiro atoms. The van der Waals surface area contributed by atoms with Gasteiger partial charge in [-0.3, -0.25) is 9.88 Å². The fraction of sp³-hybridized carbons (Fsp3) is 0.435. The van der Waals surface area contributed by atoms with Gasteiger partial charge in [-0.2, -0.15) is 4.98 Å². The standard InChI is InChI=1S/C23H26N4O/c1-2-6-17(7-3-1)8-5-13-27-20-10-11-21(27)15-19(14-20)23-25-22(26-28-23)18-9-4-12-24-16-18/h1-4,6-7,9,12,16,19-21H,5,8,10-11,13-15H2/t19?,20-,21+. The minimum Gasteiger partial charge on any atom is -0.339 e. The molecular weight excluding hydrogens is 348 g/mol. The van der Waals surface area contributed by atoms with Crippen molar-refractivity contribution in [1.29, 1.82) is 0 Å². The third-order valence-electron chi connectivity index (χ3n) is 6.32. The van der Waals surface area contributed by atoms with E-state index >= 15 is 0 Å². The van der Waals surface area contributed by atoms with Gasteiger partial charge in [0.1, 0.15) is 0 Å². The molecule has 0 amide bonds. The molecule has 2 aliphatic rings. The fourth-order valence-corrected chi connectivity index (χ4v) is 4.96. The predicted octanol–water partition coefficient (Wildman–Crippen LogP) is 4.47. The van der Waals surface area contributed by atoms with Crippen molar-refractivity contribution in [2.45, 2.75) is 56.5 Å². The molecule has 3 aromatic rings. The minimum atomic E-state index is 0.390. The zero-order chi connectivity index (χ0) is 18.8. The first-order valence-electron chi connectivity index (χ1n) is 10.4. The van der Waals surface area contributed by atoms with Gasteiger partial charge in [0, 0.05) is 36.0 Å². The molecule has 3 atom stereocenters. The van der Waals surface area contributed by atoms with E-state index in [2.05, 4.69) is 45.4 Å². The van der Waals surface area contributed by atoms with Crippen LogP contribution < -0.4 is 0 Å². The van der Waals surface area contributed by atoms with Crippen LogP contribution >= 0.6 is 0 Å². The Morgan fingerprint density at radius 2 is 1.82 bits per heavy atom. The van der Waals surface area contributed by atoms with E-state index in [1.807, 2.05) is 12.1 Å². The summed E-state index contributed by atoms with van der Waals surface area (Å²) in [4.78, 5) is 11.6. The first-order chi connectivity index (χ1) is 13.9. The molecule has 1 aromatic carbocycles. The third-order valence-corrected chi connectivity index (χ3v) is 6.32. The Balaban J connectivity index is 1.20. The summed E-state index contributed by atoms with van der Waals surface area (Å²) in [6.45, 7) is 1.20. The predicted molar refractivity (Wildman–Crippen MR) is 108 cm³/mol. The lowest BCUT2D eigenvalue weighted by atomic mass is 9.90. The van der Waals surface area contributed by atoms with Crippen molar-refractivity contribution in [3.63, 3.8) is 0 Å². The second-order valence-electron chi connectivity index (χ2n) is 8.08. The largest absolute Gasteiger partial charge is 0.339 e. The van der Waals surface area contributed by atoms with Crippen LogP contribution in [-0.2, 0) is 6.42 Å². The number of hydrogen-bond donors (Lipinski definition) is 0. The quantitative estimate of drug-likeness (QED) is 0.637. The van der Waals surface area contributed by atoms with Crippen LogP contribution in [0, 0.1) is 0 Å². The number of benzene rings is 1. The maximum absolute atomic E-state index is 5.65. The number of piperidine rings is 1. The van der Waals surface area contributed by atoms with E-state index in [0.717, 1.165) is 24.3 Å². The number of fused-ring (bicyclic) bond motifs is 2. The summed E-state index contributed by atoms with van der Waals surface area (Å²) in [5.41, 5.74) is 2.36. The summed E-state index contributed by atoms with van der Waals surface area (Å²) in [6, 6.07) is 16.0. The number of rotatable bonds is 6. The van der Waals surface area contributed by atoms with Crippen LogP contribution in [0.5, 0.6) is 0 Å².